The molecule has 16 heavy (non-hydrogen) atoms. The van der Waals surface area contributed by atoms with Crippen LogP contribution in [0.25, 0.3) is 0 Å². The number of hydrogen-bond acceptors (Lipinski definition) is 2. The van der Waals surface area contributed by atoms with Crippen molar-refractivity contribution >= 4 is 11.6 Å². The maximum absolute atomic E-state index is 12.0. The maximum atomic E-state index is 12.0. The smallest absolute Gasteiger partial charge is 0.234 e. The van der Waals surface area contributed by atoms with Crippen LogP contribution in [0.5, 0.6) is 0 Å². The lowest BCUT2D eigenvalue weighted by molar-refractivity contribution is -0.118. The summed E-state index contributed by atoms with van der Waals surface area (Å²) in [6.45, 7) is 6.65. The van der Waals surface area contributed by atoms with E-state index in [1.807, 2.05) is 37.8 Å². The normalized spacial score (nSPS) is 21.1. The topological polar surface area (TPSA) is 46.3 Å². The molecule has 0 spiro atoms. The Labute approximate surface area is 96.2 Å². The molecule has 2 unspecified atom stereocenters. The van der Waals surface area contributed by atoms with Crippen LogP contribution < -0.4 is 10.6 Å². The molecule has 1 aromatic rings. The van der Waals surface area contributed by atoms with Crippen LogP contribution in [0.15, 0.2) is 18.2 Å². The minimum atomic E-state index is -0.0337. The number of fused-ring (bicyclic) bond motifs is 1. The van der Waals surface area contributed by atoms with Gasteiger partial charge < -0.3 is 10.6 Å². The number of nitrogens with zero attached hydrogens (tertiary/aromatic N) is 1. The molecule has 86 valence electrons. The fourth-order valence-corrected chi connectivity index (χ4v) is 2.26. The predicted molar refractivity (Wildman–Crippen MR) is 65.5 cm³/mol. The molecule has 0 saturated heterocycles. The molecule has 3 heteroatoms. The van der Waals surface area contributed by atoms with Crippen molar-refractivity contribution in [2.45, 2.75) is 32.7 Å². The minimum Gasteiger partial charge on any atom is -0.324 e. The van der Waals surface area contributed by atoms with E-state index in [4.69, 9.17) is 5.73 Å². The van der Waals surface area contributed by atoms with Crippen LogP contribution in [0, 0.1) is 0 Å². The number of likely N-dealkylation sites (N-methyl/N-ethyl adjacent to an activating group) is 1. The van der Waals surface area contributed by atoms with Gasteiger partial charge in [-0.2, -0.15) is 0 Å². The Morgan fingerprint density at radius 1 is 1.50 bits per heavy atom. The maximum Gasteiger partial charge on any atom is 0.234 e. The van der Waals surface area contributed by atoms with Gasteiger partial charge in [-0.1, -0.05) is 12.1 Å². The lowest BCUT2D eigenvalue weighted by Gasteiger charge is -2.15. The summed E-state index contributed by atoms with van der Waals surface area (Å²) in [7, 11) is 0. The summed E-state index contributed by atoms with van der Waals surface area (Å²) >= 11 is 0. The molecule has 1 amide bonds. The number of amides is 1. The van der Waals surface area contributed by atoms with Crippen molar-refractivity contribution in [3.63, 3.8) is 0 Å². The van der Waals surface area contributed by atoms with Crippen molar-refractivity contribution in [3.05, 3.63) is 29.3 Å². The Kier molecular flexibility index (Phi) is 2.72. The van der Waals surface area contributed by atoms with E-state index in [1.165, 1.54) is 0 Å². The summed E-state index contributed by atoms with van der Waals surface area (Å²) in [5, 5.41) is 0. The summed E-state index contributed by atoms with van der Waals surface area (Å²) < 4.78 is 0. The molecule has 0 bridgehead atoms. The molecule has 0 saturated carbocycles. The molecule has 3 nitrogen and oxygen atoms in total. The zero-order valence-electron chi connectivity index (χ0n) is 10.0. The first kappa shape index (κ1) is 11.1. The van der Waals surface area contributed by atoms with Gasteiger partial charge in [-0.05, 0) is 38.0 Å². The second kappa shape index (κ2) is 3.91. The van der Waals surface area contributed by atoms with Gasteiger partial charge in [0.1, 0.15) is 0 Å². The zero-order valence-corrected chi connectivity index (χ0v) is 10.0. The molecule has 2 atom stereocenters. The molecule has 2 rings (SSSR count). The monoisotopic (exact) mass is 218 g/mol. The van der Waals surface area contributed by atoms with Crippen LogP contribution in [0.2, 0.25) is 0 Å². The highest BCUT2D eigenvalue weighted by atomic mass is 16.2. The van der Waals surface area contributed by atoms with Gasteiger partial charge >= 0.3 is 0 Å². The summed E-state index contributed by atoms with van der Waals surface area (Å²) in [6.07, 6.45) is 0. The Balaban J connectivity index is 2.49. The van der Waals surface area contributed by atoms with Gasteiger partial charge in [0.25, 0.3) is 0 Å². The van der Waals surface area contributed by atoms with E-state index < -0.39 is 0 Å². The average molecular weight is 218 g/mol. The van der Waals surface area contributed by atoms with Gasteiger partial charge in [0.15, 0.2) is 0 Å². The number of nitrogens with two attached hydrogens (primary N) is 1. The van der Waals surface area contributed by atoms with Gasteiger partial charge in [-0.25, -0.2) is 0 Å². The van der Waals surface area contributed by atoms with Gasteiger partial charge in [0.05, 0.1) is 5.92 Å². The van der Waals surface area contributed by atoms with Crippen molar-refractivity contribution in [2.24, 2.45) is 5.73 Å². The third kappa shape index (κ3) is 1.52. The second-order valence-electron chi connectivity index (χ2n) is 4.41. The third-order valence-corrected chi connectivity index (χ3v) is 3.29. The lowest BCUT2D eigenvalue weighted by Crippen LogP contribution is -2.27. The first-order chi connectivity index (χ1) is 7.56. The van der Waals surface area contributed by atoms with Crippen molar-refractivity contribution < 1.29 is 4.79 Å². The molecule has 0 fully saturated rings. The van der Waals surface area contributed by atoms with E-state index in [2.05, 4.69) is 6.07 Å². The van der Waals surface area contributed by atoms with Crippen LogP contribution in [0.3, 0.4) is 0 Å². The summed E-state index contributed by atoms with van der Waals surface area (Å²) in [5.74, 6) is 0.160. The molecule has 1 aliphatic rings. The molecular formula is C13H18N2O. The number of anilines is 1. The second-order valence-corrected chi connectivity index (χ2v) is 4.41. The molecule has 0 aliphatic carbocycles. The van der Waals surface area contributed by atoms with Crippen LogP contribution in [0.4, 0.5) is 5.69 Å². The number of hydrogen-bond donors (Lipinski definition) is 1. The number of carbonyl (C=O) groups is 1. The predicted octanol–water partition coefficient (Wildman–Crippen LogP) is 2.18. The molecule has 1 heterocycles. The summed E-state index contributed by atoms with van der Waals surface area (Å²) in [6, 6.07) is 6.11. The van der Waals surface area contributed by atoms with Crippen molar-refractivity contribution in [2.75, 3.05) is 11.4 Å². The largest absolute Gasteiger partial charge is 0.324 e. The Bertz CT molecular complexity index is 426. The van der Waals surface area contributed by atoms with E-state index in [9.17, 15) is 4.79 Å². The lowest BCUT2D eigenvalue weighted by atomic mass is 9.98. The Morgan fingerprint density at radius 3 is 2.75 bits per heavy atom. The van der Waals surface area contributed by atoms with Gasteiger partial charge in [0.2, 0.25) is 5.91 Å². The molecular weight excluding hydrogens is 200 g/mol. The number of benzene rings is 1. The first-order valence-corrected chi connectivity index (χ1v) is 5.77. The van der Waals surface area contributed by atoms with Gasteiger partial charge in [0, 0.05) is 18.3 Å². The Morgan fingerprint density at radius 2 is 2.19 bits per heavy atom. The molecule has 1 aliphatic heterocycles. The molecule has 2 N–H and O–H groups in total. The summed E-state index contributed by atoms with van der Waals surface area (Å²) in [5.41, 5.74) is 9.11. The Hall–Kier alpha value is -1.35. The van der Waals surface area contributed by atoms with Crippen LogP contribution >= 0.6 is 0 Å². The first-order valence-electron chi connectivity index (χ1n) is 5.77. The highest BCUT2D eigenvalue weighted by Crippen LogP contribution is 2.37. The highest BCUT2D eigenvalue weighted by molar-refractivity contribution is 6.04. The molecule has 0 radical (unpaired) electrons. The standard InChI is InChI=1S/C13H18N2O/c1-4-15-12-6-5-10(9(3)14)7-11(12)8(2)13(15)16/h5-9H,4,14H2,1-3H3. The minimum absolute atomic E-state index is 0.0169. The van der Waals surface area contributed by atoms with E-state index in [-0.39, 0.29) is 17.9 Å². The van der Waals surface area contributed by atoms with Crippen molar-refractivity contribution in [1.82, 2.24) is 0 Å². The van der Waals surface area contributed by atoms with E-state index in [0.29, 0.717) is 0 Å². The fourth-order valence-electron chi connectivity index (χ4n) is 2.26. The van der Waals surface area contributed by atoms with Crippen LogP contribution in [-0.2, 0) is 4.79 Å². The average Bonchev–Trinajstić information content (AvgIpc) is 2.51. The fraction of sp³-hybridized carbons (Fsp3) is 0.462. The molecule has 1 aromatic carbocycles. The zero-order chi connectivity index (χ0) is 11.9. The van der Waals surface area contributed by atoms with E-state index in [1.54, 1.807) is 0 Å². The van der Waals surface area contributed by atoms with Crippen molar-refractivity contribution in [3.8, 4) is 0 Å². The van der Waals surface area contributed by atoms with E-state index in [0.717, 1.165) is 23.4 Å². The number of rotatable bonds is 2. The van der Waals surface area contributed by atoms with E-state index >= 15 is 0 Å². The SMILES string of the molecule is CCN1C(=O)C(C)c2cc(C(C)N)ccc21. The third-order valence-electron chi connectivity index (χ3n) is 3.29. The van der Waals surface area contributed by atoms with Gasteiger partial charge in [-0.15, -0.1) is 0 Å². The quantitative estimate of drug-likeness (QED) is 0.827. The highest BCUT2D eigenvalue weighted by Gasteiger charge is 2.33. The van der Waals surface area contributed by atoms with Gasteiger partial charge in [-0.3, -0.25) is 4.79 Å². The number of carbonyl (C=O) groups excluding carboxylic acids is 1. The molecule has 0 aromatic heterocycles. The van der Waals surface area contributed by atoms with Crippen LogP contribution in [-0.4, -0.2) is 12.5 Å². The summed E-state index contributed by atoms with van der Waals surface area (Å²) in [4.78, 5) is 13.8. The van der Waals surface area contributed by atoms with Crippen molar-refractivity contribution in [1.29, 1.82) is 0 Å². The van der Waals surface area contributed by atoms with Crippen LogP contribution in [0.1, 0.15) is 43.9 Å².